The third-order valence-corrected chi connectivity index (χ3v) is 1.45. The number of allylic oxidation sites excluding steroid dienone is 2. The minimum Gasteiger partial charge on any atom is -0.339 e. The molecule has 4 nitrogen and oxygen atoms in total. The number of carbonyl (C=O) groups excluding carboxylic acids is 2. The van der Waals surface area contributed by atoms with Crippen LogP contribution in [0.5, 0.6) is 0 Å². The molecule has 78 valence electrons. The lowest BCUT2D eigenvalue weighted by atomic mass is 10.2. The van der Waals surface area contributed by atoms with Crippen molar-refractivity contribution in [2.24, 2.45) is 0 Å². The third kappa shape index (κ3) is 4.45. The van der Waals surface area contributed by atoms with E-state index in [9.17, 15) is 9.59 Å². The number of hydrogen-bond donors (Lipinski definition) is 2. The van der Waals surface area contributed by atoms with Crippen LogP contribution in [0.4, 0.5) is 0 Å². The highest BCUT2D eigenvalue weighted by Crippen LogP contribution is 2.01. The first-order valence-electron chi connectivity index (χ1n) is 4.26. The summed E-state index contributed by atoms with van der Waals surface area (Å²) in [5, 5.41) is 5.20. The maximum Gasteiger partial charge on any atom is 0.222 e. The summed E-state index contributed by atoms with van der Waals surface area (Å²) in [6.45, 7) is 10.0. The van der Waals surface area contributed by atoms with E-state index in [1.165, 1.54) is 13.8 Å². The van der Waals surface area contributed by atoms with Gasteiger partial charge in [0.1, 0.15) is 5.82 Å². The van der Waals surface area contributed by atoms with Gasteiger partial charge in [0.05, 0.1) is 5.70 Å². The highest BCUT2D eigenvalue weighted by atomic mass is 16.1. The number of carbonyl (C=O) groups is 2. The first kappa shape index (κ1) is 12.4. The van der Waals surface area contributed by atoms with Crippen molar-refractivity contribution in [2.45, 2.75) is 27.7 Å². The predicted octanol–water partition coefficient (Wildman–Crippen LogP) is 1.07. The van der Waals surface area contributed by atoms with Crippen LogP contribution in [0.15, 0.2) is 23.7 Å². The maximum atomic E-state index is 11.1. The molecule has 0 aromatic rings. The standard InChI is InChI=1S/C10H16N2O2/c1-6(2)10(7(3)13)12-8(4)11-9(5)14/h12H,4H2,1-3,5H3,(H,11,14). The summed E-state index contributed by atoms with van der Waals surface area (Å²) in [5.41, 5.74) is 1.31. The van der Waals surface area contributed by atoms with Crippen molar-refractivity contribution >= 4 is 11.7 Å². The van der Waals surface area contributed by atoms with E-state index in [-0.39, 0.29) is 11.7 Å². The van der Waals surface area contributed by atoms with Gasteiger partial charge in [-0.3, -0.25) is 9.59 Å². The lowest BCUT2D eigenvalue weighted by Crippen LogP contribution is -2.30. The third-order valence-electron chi connectivity index (χ3n) is 1.45. The molecular weight excluding hydrogens is 180 g/mol. The van der Waals surface area contributed by atoms with Crippen LogP contribution in [-0.4, -0.2) is 11.7 Å². The van der Waals surface area contributed by atoms with Gasteiger partial charge in [0.15, 0.2) is 5.78 Å². The Kier molecular flexibility index (Phi) is 4.63. The van der Waals surface area contributed by atoms with Gasteiger partial charge in [0.2, 0.25) is 5.91 Å². The zero-order valence-electron chi connectivity index (χ0n) is 9.02. The Morgan fingerprint density at radius 3 is 1.79 bits per heavy atom. The van der Waals surface area contributed by atoms with E-state index in [0.717, 1.165) is 5.57 Å². The Morgan fingerprint density at radius 2 is 1.50 bits per heavy atom. The molecule has 2 N–H and O–H groups in total. The molecule has 0 fully saturated rings. The molecule has 0 aliphatic rings. The molecule has 0 aromatic carbocycles. The fraction of sp³-hybridized carbons (Fsp3) is 0.400. The van der Waals surface area contributed by atoms with Gasteiger partial charge >= 0.3 is 0 Å². The molecular formula is C10H16N2O2. The molecule has 0 unspecified atom stereocenters. The van der Waals surface area contributed by atoms with Crippen LogP contribution in [0.3, 0.4) is 0 Å². The van der Waals surface area contributed by atoms with Gasteiger partial charge in [-0.25, -0.2) is 0 Å². The van der Waals surface area contributed by atoms with Crippen molar-refractivity contribution in [3.63, 3.8) is 0 Å². The van der Waals surface area contributed by atoms with E-state index < -0.39 is 0 Å². The Labute approximate surface area is 84.1 Å². The monoisotopic (exact) mass is 196 g/mol. The number of ketones is 1. The fourth-order valence-electron chi connectivity index (χ4n) is 0.960. The molecule has 0 bridgehead atoms. The van der Waals surface area contributed by atoms with E-state index in [1.807, 2.05) is 13.8 Å². The Morgan fingerprint density at radius 1 is 1.00 bits per heavy atom. The lowest BCUT2D eigenvalue weighted by Gasteiger charge is -2.12. The highest BCUT2D eigenvalue weighted by molar-refractivity contribution is 5.93. The van der Waals surface area contributed by atoms with Crippen LogP contribution < -0.4 is 10.6 Å². The average molecular weight is 196 g/mol. The van der Waals surface area contributed by atoms with Gasteiger partial charge < -0.3 is 10.6 Å². The second-order valence-corrected chi connectivity index (χ2v) is 3.22. The normalized spacial score (nSPS) is 8.86. The molecule has 0 rings (SSSR count). The lowest BCUT2D eigenvalue weighted by molar-refractivity contribution is -0.118. The molecule has 0 aromatic heterocycles. The molecule has 0 aliphatic heterocycles. The molecule has 0 aliphatic carbocycles. The van der Waals surface area contributed by atoms with Crippen molar-refractivity contribution in [1.29, 1.82) is 0 Å². The molecule has 0 radical (unpaired) electrons. The number of hydrogen-bond acceptors (Lipinski definition) is 3. The van der Waals surface area contributed by atoms with Gasteiger partial charge in [0, 0.05) is 13.8 Å². The van der Waals surface area contributed by atoms with E-state index in [0.29, 0.717) is 11.5 Å². The van der Waals surface area contributed by atoms with E-state index in [1.54, 1.807) is 0 Å². The second-order valence-electron chi connectivity index (χ2n) is 3.22. The molecule has 0 heterocycles. The van der Waals surface area contributed by atoms with Crippen LogP contribution in [0.2, 0.25) is 0 Å². The van der Waals surface area contributed by atoms with Crippen molar-refractivity contribution in [3.8, 4) is 0 Å². The SMILES string of the molecule is C=C(NC(C)=O)NC(C(C)=O)=C(C)C. The maximum absolute atomic E-state index is 11.1. The summed E-state index contributed by atoms with van der Waals surface area (Å²) >= 11 is 0. The largest absolute Gasteiger partial charge is 0.339 e. The van der Waals surface area contributed by atoms with Gasteiger partial charge in [-0.15, -0.1) is 0 Å². The van der Waals surface area contributed by atoms with Gasteiger partial charge in [-0.2, -0.15) is 0 Å². The minimum absolute atomic E-state index is 0.0866. The van der Waals surface area contributed by atoms with Crippen LogP contribution in [0.25, 0.3) is 0 Å². The van der Waals surface area contributed by atoms with Crippen LogP contribution >= 0.6 is 0 Å². The van der Waals surface area contributed by atoms with Gasteiger partial charge in [0.25, 0.3) is 0 Å². The quantitative estimate of drug-likeness (QED) is 0.661. The molecule has 0 spiro atoms. The molecule has 4 heteroatoms. The molecule has 14 heavy (non-hydrogen) atoms. The molecule has 0 saturated carbocycles. The summed E-state index contributed by atoms with van der Waals surface area (Å²) < 4.78 is 0. The number of amides is 1. The summed E-state index contributed by atoms with van der Waals surface area (Å²) in [7, 11) is 0. The Hall–Kier alpha value is -1.58. The summed E-state index contributed by atoms with van der Waals surface area (Å²) in [5.74, 6) is -0.000407. The van der Waals surface area contributed by atoms with Gasteiger partial charge in [-0.1, -0.05) is 6.58 Å². The smallest absolute Gasteiger partial charge is 0.222 e. The van der Waals surface area contributed by atoms with Crippen molar-refractivity contribution in [2.75, 3.05) is 0 Å². The van der Waals surface area contributed by atoms with Gasteiger partial charge in [-0.05, 0) is 19.4 Å². The molecule has 0 atom stereocenters. The Balaban J connectivity index is 4.49. The van der Waals surface area contributed by atoms with Crippen molar-refractivity contribution in [1.82, 2.24) is 10.6 Å². The fourth-order valence-corrected chi connectivity index (χ4v) is 0.960. The summed E-state index contributed by atoms with van der Waals surface area (Å²) in [6, 6.07) is 0. The van der Waals surface area contributed by atoms with E-state index in [4.69, 9.17) is 0 Å². The van der Waals surface area contributed by atoms with Crippen LogP contribution in [0.1, 0.15) is 27.7 Å². The average Bonchev–Trinajstić information content (AvgIpc) is 1.97. The molecule has 0 saturated heterocycles. The van der Waals surface area contributed by atoms with Crippen LogP contribution in [-0.2, 0) is 9.59 Å². The van der Waals surface area contributed by atoms with Crippen molar-refractivity contribution in [3.05, 3.63) is 23.7 Å². The number of rotatable bonds is 4. The van der Waals surface area contributed by atoms with E-state index in [2.05, 4.69) is 17.2 Å². The van der Waals surface area contributed by atoms with Crippen LogP contribution in [0, 0.1) is 0 Å². The number of Topliss-reactive ketones (excluding diaryl/α,β-unsaturated/α-hetero) is 1. The Bertz CT molecular complexity index is 299. The topological polar surface area (TPSA) is 58.2 Å². The first-order valence-corrected chi connectivity index (χ1v) is 4.26. The highest BCUT2D eigenvalue weighted by Gasteiger charge is 2.06. The zero-order chi connectivity index (χ0) is 11.3. The van der Waals surface area contributed by atoms with E-state index >= 15 is 0 Å². The van der Waals surface area contributed by atoms with Crippen molar-refractivity contribution < 1.29 is 9.59 Å². The summed E-state index contributed by atoms with van der Waals surface area (Å²) in [4.78, 5) is 21.8. The summed E-state index contributed by atoms with van der Waals surface area (Å²) in [6.07, 6.45) is 0. The second kappa shape index (κ2) is 5.21. The zero-order valence-corrected chi connectivity index (χ0v) is 9.02. The minimum atomic E-state index is -0.223. The predicted molar refractivity (Wildman–Crippen MR) is 55.1 cm³/mol. The molecule has 1 amide bonds. The number of nitrogens with one attached hydrogen (secondary N) is 2. The first-order chi connectivity index (χ1) is 6.34.